The average Bonchev–Trinajstić information content (AvgIpc) is 2.03. The molecule has 0 spiro atoms. The molecule has 82 valence electrons. The second-order valence-electron chi connectivity index (χ2n) is 3.09. The van der Waals surface area contributed by atoms with Gasteiger partial charge in [-0.15, -0.1) is 0 Å². The highest BCUT2D eigenvalue weighted by Gasteiger charge is 2.09. The van der Waals surface area contributed by atoms with Crippen LogP contribution >= 0.6 is 11.8 Å². The van der Waals surface area contributed by atoms with E-state index < -0.39 is 0 Å². The molecule has 0 fully saturated rings. The van der Waals surface area contributed by atoms with Crippen molar-refractivity contribution in [2.45, 2.75) is 39.2 Å². The van der Waals surface area contributed by atoms with Gasteiger partial charge >= 0.3 is 5.97 Å². The zero-order valence-electron chi connectivity index (χ0n) is 8.79. The Morgan fingerprint density at radius 1 is 1.64 bits per heavy atom. The van der Waals surface area contributed by atoms with Gasteiger partial charge in [0.15, 0.2) is 0 Å². The summed E-state index contributed by atoms with van der Waals surface area (Å²) in [4.78, 5) is 11.2. The van der Waals surface area contributed by atoms with Crippen molar-refractivity contribution >= 4 is 22.9 Å². The van der Waals surface area contributed by atoms with Gasteiger partial charge in [0.2, 0.25) is 0 Å². The highest BCUT2D eigenvalue weighted by molar-refractivity contribution is 8.13. The Kier molecular flexibility index (Phi) is 7.28. The lowest BCUT2D eigenvalue weighted by atomic mass is 10.2. The number of rotatable bonds is 6. The van der Waals surface area contributed by atoms with Gasteiger partial charge < -0.3 is 4.74 Å². The molecule has 0 saturated carbocycles. The highest BCUT2D eigenvalue weighted by atomic mass is 32.2. The Bertz CT molecular complexity index is 197. The summed E-state index contributed by atoms with van der Waals surface area (Å²) in [6.45, 7) is 3.96. The van der Waals surface area contributed by atoms with Gasteiger partial charge in [-0.1, -0.05) is 13.3 Å². The monoisotopic (exact) mass is 219 g/mol. The quantitative estimate of drug-likeness (QED) is 0.372. The number of thioether (sulfide) groups is 1. The molecule has 0 aliphatic heterocycles. The third kappa shape index (κ3) is 7.91. The molecule has 0 saturated heterocycles. The maximum atomic E-state index is 11.2. The van der Waals surface area contributed by atoms with Crippen LogP contribution in [0.25, 0.3) is 0 Å². The first-order chi connectivity index (χ1) is 6.56. The lowest BCUT2D eigenvalue weighted by Crippen LogP contribution is -2.43. The molecule has 0 heterocycles. The minimum Gasteiger partial charge on any atom is -0.463 e. The molecular weight excluding hydrogens is 200 g/mol. The van der Waals surface area contributed by atoms with E-state index in [-0.39, 0.29) is 12.1 Å². The van der Waals surface area contributed by atoms with Gasteiger partial charge in [0.25, 0.3) is 5.17 Å². The predicted molar refractivity (Wildman–Crippen MR) is 58.7 cm³/mol. The maximum absolute atomic E-state index is 11.2. The van der Waals surface area contributed by atoms with E-state index in [9.17, 15) is 4.79 Å². The van der Waals surface area contributed by atoms with Gasteiger partial charge in [-0.05, 0) is 25.1 Å². The van der Waals surface area contributed by atoms with Gasteiger partial charge in [0, 0.05) is 5.75 Å². The maximum Gasteiger partial charge on any atom is 0.306 e. The third-order valence-electron chi connectivity index (χ3n) is 1.60. The SMILES string of the molecule is CCCC(C)OC(=O)CCSC(N)=[NH2+]. The number of carbonyl (C=O) groups excluding carboxylic acids is 1. The van der Waals surface area contributed by atoms with Crippen LogP contribution in [0.4, 0.5) is 0 Å². The molecule has 0 bridgehead atoms. The van der Waals surface area contributed by atoms with Crippen LogP contribution in [0.1, 0.15) is 33.1 Å². The second-order valence-corrected chi connectivity index (χ2v) is 4.26. The van der Waals surface area contributed by atoms with Crippen molar-refractivity contribution in [3.05, 3.63) is 0 Å². The van der Waals surface area contributed by atoms with E-state index in [1.165, 1.54) is 11.8 Å². The summed E-state index contributed by atoms with van der Waals surface area (Å²) >= 11 is 1.27. The van der Waals surface area contributed by atoms with E-state index >= 15 is 0 Å². The van der Waals surface area contributed by atoms with Crippen LogP contribution in [0, 0.1) is 0 Å². The average molecular weight is 219 g/mol. The first-order valence-electron chi connectivity index (χ1n) is 4.76. The van der Waals surface area contributed by atoms with Gasteiger partial charge in [-0.3, -0.25) is 15.9 Å². The van der Waals surface area contributed by atoms with E-state index in [0.29, 0.717) is 17.3 Å². The summed E-state index contributed by atoms with van der Waals surface area (Å²) in [5.74, 6) is 0.403. The van der Waals surface area contributed by atoms with Crippen molar-refractivity contribution in [3.8, 4) is 0 Å². The van der Waals surface area contributed by atoms with Gasteiger partial charge in [-0.2, -0.15) is 0 Å². The second kappa shape index (κ2) is 7.67. The number of hydrogen-bond acceptors (Lipinski definition) is 3. The fourth-order valence-electron chi connectivity index (χ4n) is 1.00. The summed E-state index contributed by atoms with van der Waals surface area (Å²) < 4.78 is 5.13. The van der Waals surface area contributed by atoms with E-state index in [2.05, 4.69) is 6.92 Å². The standard InChI is InChI=1S/C9H18N2O2S/c1-3-4-7(2)13-8(12)5-6-14-9(10)11/h7H,3-6H2,1-2H3,(H3,10,11)/p+1. The van der Waals surface area contributed by atoms with Crippen molar-refractivity contribution in [2.75, 3.05) is 5.75 Å². The minimum absolute atomic E-state index is 0.0108. The summed E-state index contributed by atoms with van der Waals surface area (Å²) in [6, 6.07) is 0. The third-order valence-corrected chi connectivity index (χ3v) is 2.34. The normalized spacial score (nSPS) is 12.1. The van der Waals surface area contributed by atoms with Crippen molar-refractivity contribution in [2.24, 2.45) is 5.73 Å². The van der Waals surface area contributed by atoms with Crippen LogP contribution in [0.2, 0.25) is 0 Å². The molecule has 0 aliphatic rings. The van der Waals surface area contributed by atoms with Crippen LogP contribution in [-0.4, -0.2) is 23.0 Å². The highest BCUT2D eigenvalue weighted by Crippen LogP contribution is 2.05. The minimum atomic E-state index is -0.181. The smallest absolute Gasteiger partial charge is 0.306 e. The molecule has 0 aromatic rings. The Hall–Kier alpha value is -0.710. The summed E-state index contributed by atoms with van der Waals surface area (Å²) in [5.41, 5.74) is 5.23. The Morgan fingerprint density at radius 2 is 2.29 bits per heavy atom. The molecule has 1 unspecified atom stereocenters. The molecule has 4 N–H and O–H groups in total. The van der Waals surface area contributed by atoms with Crippen LogP contribution in [-0.2, 0) is 9.53 Å². The van der Waals surface area contributed by atoms with E-state index in [1.54, 1.807) is 0 Å². The molecule has 4 nitrogen and oxygen atoms in total. The van der Waals surface area contributed by atoms with Gasteiger partial charge in [0.1, 0.15) is 0 Å². The number of amidine groups is 1. The fourth-order valence-corrected chi connectivity index (χ4v) is 1.51. The van der Waals surface area contributed by atoms with Crippen molar-refractivity contribution < 1.29 is 14.9 Å². The lowest BCUT2D eigenvalue weighted by molar-refractivity contribution is -0.147. The van der Waals surface area contributed by atoms with Crippen LogP contribution in [0.3, 0.4) is 0 Å². The Balaban J connectivity index is 3.50. The number of esters is 1. The molecular formula is C9H19N2O2S+. The van der Waals surface area contributed by atoms with Gasteiger partial charge in [-0.25, -0.2) is 0 Å². The zero-order chi connectivity index (χ0) is 11.0. The topological polar surface area (TPSA) is 77.9 Å². The number of nitrogens with two attached hydrogens (primary N) is 2. The van der Waals surface area contributed by atoms with Crippen LogP contribution in [0.5, 0.6) is 0 Å². The summed E-state index contributed by atoms with van der Waals surface area (Å²) in [6.07, 6.45) is 2.30. The molecule has 5 heteroatoms. The first-order valence-corrected chi connectivity index (χ1v) is 5.75. The molecule has 14 heavy (non-hydrogen) atoms. The van der Waals surface area contributed by atoms with Crippen LogP contribution < -0.4 is 11.1 Å². The molecule has 1 atom stereocenters. The largest absolute Gasteiger partial charge is 0.463 e. The Labute approximate surface area is 89.1 Å². The number of ether oxygens (including phenoxy) is 1. The van der Waals surface area contributed by atoms with Crippen molar-refractivity contribution in [1.82, 2.24) is 0 Å². The number of carbonyl (C=O) groups is 1. The van der Waals surface area contributed by atoms with Gasteiger partial charge in [0.05, 0.1) is 12.5 Å². The van der Waals surface area contributed by atoms with E-state index in [4.69, 9.17) is 15.9 Å². The van der Waals surface area contributed by atoms with E-state index in [1.807, 2.05) is 6.92 Å². The summed E-state index contributed by atoms with van der Waals surface area (Å²) in [7, 11) is 0. The van der Waals surface area contributed by atoms with Crippen molar-refractivity contribution in [3.63, 3.8) is 0 Å². The van der Waals surface area contributed by atoms with Crippen molar-refractivity contribution in [1.29, 1.82) is 0 Å². The van der Waals surface area contributed by atoms with Crippen LogP contribution in [0.15, 0.2) is 0 Å². The predicted octanol–water partition coefficient (Wildman–Crippen LogP) is -0.0847. The molecule has 0 aromatic carbocycles. The Morgan fingerprint density at radius 3 is 2.79 bits per heavy atom. The molecule has 0 radical (unpaired) electrons. The lowest BCUT2D eigenvalue weighted by Gasteiger charge is -2.11. The first kappa shape index (κ1) is 13.3. The molecule has 0 amide bonds. The summed E-state index contributed by atoms with van der Waals surface area (Å²) in [5, 5.41) is 5.52. The molecule has 0 rings (SSSR count). The fraction of sp³-hybridized carbons (Fsp3) is 0.778. The van der Waals surface area contributed by atoms with E-state index in [0.717, 1.165) is 12.8 Å². The zero-order valence-corrected chi connectivity index (χ0v) is 9.60. The number of hydrogen-bond donors (Lipinski definition) is 2. The molecule has 0 aromatic heterocycles. The molecule has 0 aliphatic carbocycles.